The lowest BCUT2D eigenvalue weighted by Gasteiger charge is -2.02. The lowest BCUT2D eigenvalue weighted by atomic mass is 10.1. The minimum atomic E-state index is -0.904. The number of nitrogens with two attached hydrogens (primary N) is 1. The topological polar surface area (TPSA) is 95.2 Å². The number of phenols is 2. The number of aromatic amines is 1. The second-order valence-corrected chi connectivity index (χ2v) is 3.03. The highest BCUT2D eigenvalue weighted by atomic mass is 19.1. The van der Waals surface area contributed by atoms with Gasteiger partial charge in [-0.15, -0.1) is 0 Å². The van der Waals surface area contributed by atoms with Gasteiger partial charge in [0.2, 0.25) is 0 Å². The molecule has 0 aliphatic heterocycles. The number of anilines is 1. The maximum atomic E-state index is 13.1. The normalized spacial score (nSPS) is 10.5. The third-order valence-corrected chi connectivity index (χ3v) is 1.95. The summed E-state index contributed by atoms with van der Waals surface area (Å²) in [5, 5.41) is 24.4. The van der Waals surface area contributed by atoms with E-state index in [-0.39, 0.29) is 5.82 Å². The average molecular weight is 209 g/mol. The molecule has 0 aliphatic rings. The molecule has 0 aliphatic carbocycles. The van der Waals surface area contributed by atoms with Crippen molar-refractivity contribution in [1.82, 2.24) is 10.2 Å². The molecule has 0 saturated heterocycles. The van der Waals surface area contributed by atoms with Crippen molar-refractivity contribution in [3.63, 3.8) is 0 Å². The van der Waals surface area contributed by atoms with Crippen LogP contribution in [0, 0.1) is 5.82 Å². The number of halogens is 1. The fourth-order valence-electron chi connectivity index (χ4n) is 1.23. The Hall–Kier alpha value is -2.24. The molecule has 0 atom stereocenters. The van der Waals surface area contributed by atoms with Crippen molar-refractivity contribution in [2.24, 2.45) is 0 Å². The summed E-state index contributed by atoms with van der Waals surface area (Å²) in [7, 11) is 0. The maximum Gasteiger partial charge on any atom is 0.194 e. The molecule has 0 unspecified atom stereocenters. The van der Waals surface area contributed by atoms with E-state index in [1.165, 1.54) is 12.1 Å². The molecule has 0 saturated carbocycles. The molecule has 0 radical (unpaired) electrons. The van der Waals surface area contributed by atoms with E-state index in [9.17, 15) is 9.50 Å². The number of H-pyrrole nitrogens is 1. The Morgan fingerprint density at radius 1 is 1.27 bits per heavy atom. The van der Waals surface area contributed by atoms with Crippen LogP contribution in [0.15, 0.2) is 18.2 Å². The third kappa shape index (κ3) is 1.56. The van der Waals surface area contributed by atoms with Crippen LogP contribution in [-0.2, 0) is 0 Å². The van der Waals surface area contributed by atoms with Gasteiger partial charge >= 0.3 is 0 Å². The van der Waals surface area contributed by atoms with Crippen LogP contribution in [0.25, 0.3) is 11.3 Å². The monoisotopic (exact) mass is 209 g/mol. The Balaban J connectivity index is 2.55. The van der Waals surface area contributed by atoms with Crippen molar-refractivity contribution in [2.75, 3.05) is 5.73 Å². The summed E-state index contributed by atoms with van der Waals surface area (Å²) in [6.45, 7) is 0. The minimum absolute atomic E-state index is 0.262. The van der Waals surface area contributed by atoms with E-state index in [0.717, 1.165) is 6.07 Å². The van der Waals surface area contributed by atoms with Gasteiger partial charge in [0.15, 0.2) is 17.3 Å². The van der Waals surface area contributed by atoms with Gasteiger partial charge in [0, 0.05) is 11.6 Å². The average Bonchev–Trinajstić information content (AvgIpc) is 2.60. The molecule has 5 nitrogen and oxygen atoms in total. The number of aromatic hydroxyl groups is 2. The van der Waals surface area contributed by atoms with Crippen molar-refractivity contribution in [3.05, 3.63) is 24.0 Å². The summed E-state index contributed by atoms with van der Waals surface area (Å²) in [5.74, 6) is -1.94. The zero-order valence-corrected chi connectivity index (χ0v) is 7.53. The Kier molecular flexibility index (Phi) is 1.96. The highest BCUT2D eigenvalue weighted by Gasteiger charge is 2.11. The number of hydrogen-bond donors (Lipinski definition) is 4. The molecule has 0 amide bonds. The van der Waals surface area contributed by atoms with Crippen molar-refractivity contribution >= 4 is 5.82 Å². The number of nitrogen functional groups attached to an aromatic ring is 1. The van der Waals surface area contributed by atoms with Crippen molar-refractivity contribution in [2.45, 2.75) is 0 Å². The largest absolute Gasteiger partial charge is 0.504 e. The predicted molar refractivity (Wildman–Crippen MR) is 51.7 cm³/mol. The van der Waals surface area contributed by atoms with Crippen LogP contribution in [0.1, 0.15) is 0 Å². The fraction of sp³-hybridized carbons (Fsp3) is 0. The molecule has 15 heavy (non-hydrogen) atoms. The smallest absolute Gasteiger partial charge is 0.194 e. The Morgan fingerprint density at radius 2 is 2.00 bits per heavy atom. The van der Waals surface area contributed by atoms with E-state index in [2.05, 4.69) is 10.2 Å². The lowest BCUT2D eigenvalue weighted by Crippen LogP contribution is -1.83. The zero-order chi connectivity index (χ0) is 11.0. The molecule has 5 N–H and O–H groups in total. The fourth-order valence-corrected chi connectivity index (χ4v) is 1.23. The maximum absolute atomic E-state index is 13.1. The number of nitrogens with zero attached hydrogens (tertiary/aromatic N) is 1. The number of aromatic nitrogens is 2. The molecule has 1 aromatic heterocycles. The van der Waals surface area contributed by atoms with Gasteiger partial charge in [0.05, 0.1) is 5.69 Å². The zero-order valence-electron chi connectivity index (χ0n) is 7.53. The van der Waals surface area contributed by atoms with Crippen LogP contribution in [0.4, 0.5) is 10.2 Å². The standard InChI is InChI=1S/C9H8FN3O2/c10-5-1-4(2-7(14)9(5)15)6-3-8(11)13-12-6/h1-3,14-15H,(H3,11,12,13). The number of nitrogens with one attached hydrogen (secondary N) is 1. The molecule has 1 aromatic carbocycles. The minimum Gasteiger partial charge on any atom is -0.504 e. The van der Waals surface area contributed by atoms with E-state index in [1.54, 1.807) is 0 Å². The van der Waals surface area contributed by atoms with Gasteiger partial charge in [-0.2, -0.15) is 5.10 Å². The molecule has 6 heteroatoms. The summed E-state index contributed by atoms with van der Waals surface area (Å²) in [6, 6.07) is 3.78. The lowest BCUT2D eigenvalue weighted by molar-refractivity contribution is 0.379. The van der Waals surface area contributed by atoms with E-state index >= 15 is 0 Å². The summed E-state index contributed by atoms with van der Waals surface area (Å²) in [4.78, 5) is 0. The highest BCUT2D eigenvalue weighted by molar-refractivity contribution is 5.65. The Morgan fingerprint density at radius 3 is 2.53 bits per heavy atom. The van der Waals surface area contributed by atoms with Gasteiger partial charge in [0.1, 0.15) is 5.82 Å². The van der Waals surface area contributed by atoms with Gasteiger partial charge in [0.25, 0.3) is 0 Å². The first-order chi connectivity index (χ1) is 7.08. The number of phenolic OH excluding ortho intramolecular Hbond substituents is 2. The Bertz CT molecular complexity index is 487. The molecular weight excluding hydrogens is 201 g/mol. The summed E-state index contributed by atoms with van der Waals surface area (Å²) in [6.07, 6.45) is 0. The van der Waals surface area contributed by atoms with Crippen LogP contribution in [0.2, 0.25) is 0 Å². The van der Waals surface area contributed by atoms with E-state index in [1.807, 2.05) is 0 Å². The van der Waals surface area contributed by atoms with Crippen molar-refractivity contribution < 1.29 is 14.6 Å². The molecule has 2 aromatic rings. The summed E-state index contributed by atoms with van der Waals surface area (Å²) < 4.78 is 13.1. The highest BCUT2D eigenvalue weighted by Crippen LogP contribution is 2.33. The first-order valence-electron chi connectivity index (χ1n) is 4.10. The van der Waals surface area contributed by atoms with Crippen LogP contribution in [0.3, 0.4) is 0 Å². The van der Waals surface area contributed by atoms with E-state index in [4.69, 9.17) is 10.8 Å². The van der Waals surface area contributed by atoms with Crippen molar-refractivity contribution in [3.8, 4) is 22.8 Å². The van der Waals surface area contributed by atoms with Crippen molar-refractivity contribution in [1.29, 1.82) is 0 Å². The second-order valence-electron chi connectivity index (χ2n) is 3.03. The van der Waals surface area contributed by atoms with Gasteiger partial charge in [-0.3, -0.25) is 5.10 Å². The van der Waals surface area contributed by atoms with Crippen LogP contribution >= 0.6 is 0 Å². The van der Waals surface area contributed by atoms with E-state index < -0.39 is 17.3 Å². The van der Waals surface area contributed by atoms with Gasteiger partial charge in [-0.05, 0) is 12.1 Å². The molecule has 78 valence electrons. The van der Waals surface area contributed by atoms with E-state index in [0.29, 0.717) is 11.3 Å². The molecular formula is C9H8FN3O2. The number of hydrogen-bond acceptors (Lipinski definition) is 4. The molecule has 2 rings (SSSR count). The van der Waals surface area contributed by atoms with Gasteiger partial charge < -0.3 is 15.9 Å². The van der Waals surface area contributed by atoms with Crippen LogP contribution < -0.4 is 5.73 Å². The Labute approximate surface area is 84.0 Å². The van der Waals surface area contributed by atoms with Crippen LogP contribution in [0.5, 0.6) is 11.5 Å². The molecule has 0 bridgehead atoms. The second kappa shape index (κ2) is 3.16. The molecule has 0 spiro atoms. The SMILES string of the molecule is Nc1cc(-c2cc(O)c(O)c(F)c2)[nH]n1. The third-order valence-electron chi connectivity index (χ3n) is 1.95. The summed E-state index contributed by atoms with van der Waals surface area (Å²) >= 11 is 0. The van der Waals surface area contributed by atoms with Gasteiger partial charge in [-0.1, -0.05) is 0 Å². The number of benzene rings is 1. The molecule has 0 fully saturated rings. The first kappa shape index (κ1) is 9.32. The summed E-state index contributed by atoms with van der Waals surface area (Å²) in [5.41, 5.74) is 6.19. The quantitative estimate of drug-likeness (QED) is 0.531. The number of rotatable bonds is 1. The molecule has 1 heterocycles. The van der Waals surface area contributed by atoms with Gasteiger partial charge in [-0.25, -0.2) is 4.39 Å². The van der Waals surface area contributed by atoms with Crippen LogP contribution in [-0.4, -0.2) is 20.4 Å². The first-order valence-corrected chi connectivity index (χ1v) is 4.10. The predicted octanol–water partition coefficient (Wildman–Crippen LogP) is 1.21.